The molecule has 0 amide bonds. The van der Waals surface area contributed by atoms with Gasteiger partial charge >= 0.3 is 11.5 Å². The third-order valence-corrected chi connectivity index (χ3v) is 2.67. The third kappa shape index (κ3) is 2.18. The minimum atomic E-state index is -1.92. The molecule has 0 saturated carbocycles. The molecule has 86 valence electrons. The van der Waals surface area contributed by atoms with Gasteiger partial charge in [-0.25, -0.2) is 4.79 Å². The van der Waals surface area contributed by atoms with Crippen molar-refractivity contribution in [3.8, 4) is 0 Å². The van der Waals surface area contributed by atoms with Gasteiger partial charge in [-0.15, -0.1) is 0 Å². The first-order valence-electron chi connectivity index (χ1n) is 4.94. The van der Waals surface area contributed by atoms with Crippen molar-refractivity contribution in [2.24, 2.45) is 0 Å². The summed E-state index contributed by atoms with van der Waals surface area (Å²) < 4.78 is 0. The number of rotatable bonds is 5. The fraction of sp³-hybridized carbons (Fsp3) is 0.364. The number of aliphatic carboxylic acids is 1. The molecule has 1 rings (SSSR count). The molecule has 0 aliphatic heterocycles. The molecule has 0 aliphatic rings. The van der Waals surface area contributed by atoms with Crippen molar-refractivity contribution >= 4 is 5.97 Å². The topological polar surface area (TPSA) is 80.4 Å². The molecule has 1 atom stereocenters. The van der Waals surface area contributed by atoms with E-state index in [9.17, 15) is 14.9 Å². The summed E-state index contributed by atoms with van der Waals surface area (Å²) in [6, 6.07) is 8.63. The molecule has 0 spiro atoms. The molecule has 1 aromatic carbocycles. The average Bonchev–Trinajstić information content (AvgIpc) is 2.26. The third-order valence-electron chi connectivity index (χ3n) is 2.67. The second kappa shape index (κ2) is 4.74. The standard InChI is InChI=1S/C11H13NO4/c1-2-11(10(13)14,12(15)16)8-9-6-4-3-5-7-9/h3-7H,2,8H2,1H3,(H,13,14). The Bertz CT molecular complexity index is 374. The minimum Gasteiger partial charge on any atom is -0.476 e. The Morgan fingerprint density at radius 2 is 2.00 bits per heavy atom. The van der Waals surface area contributed by atoms with Crippen LogP contribution >= 0.6 is 0 Å². The molecular formula is C11H13NO4. The van der Waals surface area contributed by atoms with Gasteiger partial charge in [-0.05, 0) is 5.56 Å². The Labute approximate surface area is 92.9 Å². The highest BCUT2D eigenvalue weighted by molar-refractivity contribution is 5.77. The van der Waals surface area contributed by atoms with E-state index in [0.717, 1.165) is 0 Å². The maximum absolute atomic E-state index is 11.1. The first-order chi connectivity index (χ1) is 7.53. The second-order valence-electron chi connectivity index (χ2n) is 3.61. The van der Waals surface area contributed by atoms with E-state index in [2.05, 4.69) is 0 Å². The lowest BCUT2D eigenvalue weighted by molar-refractivity contribution is -0.555. The van der Waals surface area contributed by atoms with Gasteiger partial charge in [0.1, 0.15) is 0 Å². The summed E-state index contributed by atoms with van der Waals surface area (Å²) >= 11 is 0. The monoisotopic (exact) mass is 223 g/mol. The minimum absolute atomic E-state index is 0.0375. The predicted molar refractivity (Wildman–Crippen MR) is 57.8 cm³/mol. The number of nitrogens with zero attached hydrogens (tertiary/aromatic N) is 1. The Hall–Kier alpha value is -1.91. The number of carbonyl (C=O) groups is 1. The van der Waals surface area contributed by atoms with Crippen LogP contribution in [0.3, 0.4) is 0 Å². The molecule has 5 nitrogen and oxygen atoms in total. The number of carboxylic acid groups (broad SMARTS) is 1. The molecule has 1 N–H and O–H groups in total. The highest BCUT2D eigenvalue weighted by Crippen LogP contribution is 2.21. The van der Waals surface area contributed by atoms with E-state index in [-0.39, 0.29) is 12.8 Å². The smallest absolute Gasteiger partial charge is 0.382 e. The molecule has 1 aromatic rings. The SMILES string of the molecule is CCC(Cc1ccccc1)(C(=O)O)[N+](=O)[O-]. The zero-order chi connectivity index (χ0) is 12.2. The van der Waals surface area contributed by atoms with Crippen LogP contribution in [0, 0.1) is 10.1 Å². The molecule has 0 saturated heterocycles. The van der Waals surface area contributed by atoms with Crippen molar-refractivity contribution in [2.75, 3.05) is 0 Å². The number of benzene rings is 1. The normalized spacial score (nSPS) is 14.1. The highest BCUT2D eigenvalue weighted by Gasteiger charge is 2.49. The van der Waals surface area contributed by atoms with Crippen molar-refractivity contribution in [3.05, 3.63) is 46.0 Å². The van der Waals surface area contributed by atoms with E-state index in [4.69, 9.17) is 5.11 Å². The summed E-state index contributed by atoms with van der Waals surface area (Å²) in [4.78, 5) is 21.3. The summed E-state index contributed by atoms with van der Waals surface area (Å²) in [6.45, 7) is 1.51. The van der Waals surface area contributed by atoms with Crippen LogP contribution in [0.1, 0.15) is 18.9 Å². The van der Waals surface area contributed by atoms with Crippen molar-refractivity contribution < 1.29 is 14.8 Å². The summed E-state index contributed by atoms with van der Waals surface area (Å²) in [6.07, 6.45) is -0.128. The molecule has 0 bridgehead atoms. The quantitative estimate of drug-likeness (QED) is 0.609. The fourth-order valence-electron chi connectivity index (χ4n) is 1.56. The zero-order valence-electron chi connectivity index (χ0n) is 8.92. The Morgan fingerprint density at radius 1 is 1.44 bits per heavy atom. The zero-order valence-corrected chi connectivity index (χ0v) is 8.92. The maximum Gasteiger partial charge on any atom is 0.382 e. The van der Waals surface area contributed by atoms with Gasteiger partial charge in [0, 0.05) is 11.3 Å². The van der Waals surface area contributed by atoms with Gasteiger partial charge in [0.2, 0.25) is 0 Å². The number of carboxylic acids is 1. The molecule has 0 heterocycles. The van der Waals surface area contributed by atoms with Crippen LogP contribution in [-0.4, -0.2) is 21.5 Å². The molecule has 5 heteroatoms. The molecule has 0 aliphatic carbocycles. The van der Waals surface area contributed by atoms with Crippen molar-refractivity contribution in [1.82, 2.24) is 0 Å². The van der Waals surface area contributed by atoms with Gasteiger partial charge < -0.3 is 5.11 Å². The van der Waals surface area contributed by atoms with Crippen LogP contribution in [0.25, 0.3) is 0 Å². The maximum atomic E-state index is 11.1. The van der Waals surface area contributed by atoms with E-state index in [1.807, 2.05) is 0 Å². The summed E-state index contributed by atoms with van der Waals surface area (Å²) in [5.41, 5.74) is -1.26. The van der Waals surface area contributed by atoms with Crippen LogP contribution < -0.4 is 0 Å². The van der Waals surface area contributed by atoms with E-state index in [1.165, 1.54) is 6.92 Å². The highest BCUT2D eigenvalue weighted by atomic mass is 16.6. The average molecular weight is 223 g/mol. The lowest BCUT2D eigenvalue weighted by Crippen LogP contribution is -2.47. The van der Waals surface area contributed by atoms with E-state index in [0.29, 0.717) is 5.56 Å². The summed E-state index contributed by atoms with van der Waals surface area (Å²) in [5.74, 6) is -1.39. The van der Waals surface area contributed by atoms with Crippen LogP contribution in [0.5, 0.6) is 0 Å². The van der Waals surface area contributed by atoms with Crippen LogP contribution in [0.2, 0.25) is 0 Å². The van der Waals surface area contributed by atoms with Crippen molar-refractivity contribution in [2.45, 2.75) is 25.3 Å². The van der Waals surface area contributed by atoms with Crippen molar-refractivity contribution in [1.29, 1.82) is 0 Å². The Kier molecular flexibility index (Phi) is 3.60. The molecular weight excluding hydrogens is 210 g/mol. The first kappa shape index (κ1) is 12.2. The van der Waals surface area contributed by atoms with Crippen LogP contribution in [-0.2, 0) is 11.2 Å². The van der Waals surface area contributed by atoms with Crippen LogP contribution in [0.15, 0.2) is 30.3 Å². The van der Waals surface area contributed by atoms with Crippen LogP contribution in [0.4, 0.5) is 0 Å². The van der Waals surface area contributed by atoms with Gasteiger partial charge in [-0.2, -0.15) is 0 Å². The van der Waals surface area contributed by atoms with Crippen molar-refractivity contribution in [3.63, 3.8) is 0 Å². The second-order valence-corrected chi connectivity index (χ2v) is 3.61. The van der Waals surface area contributed by atoms with E-state index in [1.54, 1.807) is 30.3 Å². The lowest BCUT2D eigenvalue weighted by Gasteiger charge is -2.19. The number of nitro groups is 1. The Balaban J connectivity index is 3.04. The number of hydrogen-bond donors (Lipinski definition) is 1. The largest absolute Gasteiger partial charge is 0.476 e. The van der Waals surface area contributed by atoms with Gasteiger partial charge in [0.05, 0.1) is 6.42 Å². The first-order valence-corrected chi connectivity index (χ1v) is 4.94. The lowest BCUT2D eigenvalue weighted by atomic mass is 9.89. The summed E-state index contributed by atoms with van der Waals surface area (Å²) in [7, 11) is 0. The molecule has 0 radical (unpaired) electrons. The molecule has 1 unspecified atom stereocenters. The van der Waals surface area contributed by atoms with E-state index >= 15 is 0 Å². The number of hydrogen-bond acceptors (Lipinski definition) is 3. The fourth-order valence-corrected chi connectivity index (χ4v) is 1.56. The molecule has 16 heavy (non-hydrogen) atoms. The summed E-state index contributed by atoms with van der Waals surface area (Å²) in [5, 5.41) is 19.9. The van der Waals surface area contributed by atoms with Gasteiger partial charge in [-0.3, -0.25) is 10.1 Å². The predicted octanol–water partition coefficient (Wildman–Crippen LogP) is 1.74. The molecule has 0 aromatic heterocycles. The van der Waals surface area contributed by atoms with Gasteiger partial charge in [0.25, 0.3) is 0 Å². The molecule has 0 fully saturated rings. The van der Waals surface area contributed by atoms with Gasteiger partial charge in [0.15, 0.2) is 0 Å². The van der Waals surface area contributed by atoms with E-state index < -0.39 is 16.4 Å². The van der Waals surface area contributed by atoms with Gasteiger partial charge in [-0.1, -0.05) is 37.3 Å². The Morgan fingerprint density at radius 3 is 2.38 bits per heavy atom.